The molecule has 2 rings (SSSR count). The van der Waals surface area contributed by atoms with Crippen LogP contribution in [0.5, 0.6) is 11.5 Å². The summed E-state index contributed by atoms with van der Waals surface area (Å²) in [6.07, 6.45) is 3.03. The van der Waals surface area contributed by atoms with Crippen molar-refractivity contribution < 1.29 is 14.3 Å². The summed E-state index contributed by atoms with van der Waals surface area (Å²) in [5, 5.41) is 0. The van der Waals surface area contributed by atoms with E-state index in [-0.39, 0.29) is 5.91 Å². The number of carbonyl (C=O) groups excluding carboxylic acids is 1. The smallest absolute Gasteiger partial charge is 0.254 e. The molecule has 1 aliphatic rings. The fraction of sp³-hybridized carbons (Fsp3) is 0.438. The third-order valence-electron chi connectivity index (χ3n) is 3.51. The minimum absolute atomic E-state index is 0.0161. The average molecular weight is 290 g/mol. The highest BCUT2D eigenvalue weighted by Gasteiger charge is 2.19. The fourth-order valence-electron chi connectivity index (χ4n) is 2.23. The summed E-state index contributed by atoms with van der Waals surface area (Å²) in [5.41, 5.74) is 7.37. The van der Waals surface area contributed by atoms with E-state index in [1.54, 1.807) is 25.3 Å². The van der Waals surface area contributed by atoms with Gasteiger partial charge in [0.15, 0.2) is 11.5 Å². The zero-order valence-electron chi connectivity index (χ0n) is 12.6. The van der Waals surface area contributed by atoms with Crippen LogP contribution in [0.4, 0.5) is 0 Å². The highest BCUT2D eigenvalue weighted by molar-refractivity contribution is 5.95. The lowest BCUT2D eigenvalue weighted by Gasteiger charge is -2.25. The van der Waals surface area contributed by atoms with Crippen LogP contribution in [0.15, 0.2) is 29.8 Å². The van der Waals surface area contributed by atoms with Gasteiger partial charge in [-0.3, -0.25) is 4.79 Å². The van der Waals surface area contributed by atoms with Crippen LogP contribution in [-0.2, 0) is 0 Å². The zero-order valence-corrected chi connectivity index (χ0v) is 12.6. The van der Waals surface area contributed by atoms with Gasteiger partial charge in [-0.1, -0.05) is 11.6 Å². The second-order valence-corrected chi connectivity index (χ2v) is 5.05. The number of benzene rings is 1. The summed E-state index contributed by atoms with van der Waals surface area (Å²) in [6, 6.07) is 5.24. The van der Waals surface area contributed by atoms with Gasteiger partial charge < -0.3 is 20.1 Å². The number of amides is 1. The quantitative estimate of drug-likeness (QED) is 0.840. The summed E-state index contributed by atoms with van der Waals surface area (Å²) < 4.78 is 10.8. The van der Waals surface area contributed by atoms with Crippen molar-refractivity contribution >= 4 is 5.91 Å². The van der Waals surface area contributed by atoms with E-state index in [2.05, 4.69) is 13.0 Å². The number of carbonyl (C=O) groups is 1. The number of nitrogens with two attached hydrogens (primary N) is 1. The van der Waals surface area contributed by atoms with Crippen molar-refractivity contribution in [1.29, 1.82) is 0 Å². The summed E-state index contributed by atoms with van der Waals surface area (Å²) in [6.45, 7) is 4.37. The first-order chi connectivity index (χ1) is 10.2. The van der Waals surface area contributed by atoms with Crippen LogP contribution in [0.2, 0.25) is 0 Å². The Bertz CT molecular complexity index is 540. The monoisotopic (exact) mass is 290 g/mol. The average Bonchev–Trinajstić information content (AvgIpc) is 2.52. The third kappa shape index (κ3) is 3.76. The molecule has 1 aromatic carbocycles. The van der Waals surface area contributed by atoms with Gasteiger partial charge in [-0.15, -0.1) is 0 Å². The Balaban J connectivity index is 2.14. The van der Waals surface area contributed by atoms with Gasteiger partial charge in [0.2, 0.25) is 0 Å². The standard InChI is InChI=1S/C16H22N2O3/c1-12-5-8-18(9-6-12)16(19)13-3-4-14(21-10-7-17)15(11-13)20-2/h3-5,11H,6-10,17H2,1-2H3. The van der Waals surface area contributed by atoms with Crippen LogP contribution < -0.4 is 15.2 Å². The second-order valence-electron chi connectivity index (χ2n) is 5.05. The van der Waals surface area contributed by atoms with E-state index in [0.29, 0.717) is 36.8 Å². The molecule has 0 bridgehead atoms. The molecule has 114 valence electrons. The van der Waals surface area contributed by atoms with Crippen molar-refractivity contribution in [2.24, 2.45) is 5.73 Å². The van der Waals surface area contributed by atoms with Crippen molar-refractivity contribution in [3.05, 3.63) is 35.4 Å². The minimum atomic E-state index is 0.0161. The van der Waals surface area contributed by atoms with Gasteiger partial charge in [-0.2, -0.15) is 0 Å². The molecule has 2 N–H and O–H groups in total. The maximum Gasteiger partial charge on any atom is 0.254 e. The topological polar surface area (TPSA) is 64.8 Å². The van der Waals surface area contributed by atoms with Crippen molar-refractivity contribution in [2.75, 3.05) is 33.4 Å². The van der Waals surface area contributed by atoms with E-state index in [1.165, 1.54) is 5.57 Å². The van der Waals surface area contributed by atoms with E-state index < -0.39 is 0 Å². The van der Waals surface area contributed by atoms with Gasteiger partial charge in [0.05, 0.1) is 7.11 Å². The highest BCUT2D eigenvalue weighted by atomic mass is 16.5. The molecule has 0 spiro atoms. The normalized spacial score (nSPS) is 14.6. The van der Waals surface area contributed by atoms with Gasteiger partial charge >= 0.3 is 0 Å². The molecule has 21 heavy (non-hydrogen) atoms. The number of nitrogens with zero attached hydrogens (tertiary/aromatic N) is 1. The number of hydrogen-bond acceptors (Lipinski definition) is 4. The van der Waals surface area contributed by atoms with Crippen LogP contribution in [-0.4, -0.2) is 44.2 Å². The maximum absolute atomic E-state index is 12.5. The third-order valence-corrected chi connectivity index (χ3v) is 3.51. The Hall–Kier alpha value is -2.01. The molecule has 1 aromatic rings. The van der Waals surface area contributed by atoms with Gasteiger partial charge in [0.1, 0.15) is 6.61 Å². The van der Waals surface area contributed by atoms with E-state index in [0.717, 1.165) is 13.0 Å². The largest absolute Gasteiger partial charge is 0.493 e. The maximum atomic E-state index is 12.5. The lowest BCUT2D eigenvalue weighted by atomic mass is 10.1. The van der Waals surface area contributed by atoms with E-state index in [9.17, 15) is 4.79 Å². The Morgan fingerprint density at radius 3 is 2.81 bits per heavy atom. The number of hydrogen-bond donors (Lipinski definition) is 1. The molecule has 1 amide bonds. The van der Waals surface area contributed by atoms with Gasteiger partial charge in [0, 0.05) is 25.2 Å². The predicted octanol–water partition coefficient (Wildman–Crippen LogP) is 1.82. The van der Waals surface area contributed by atoms with Crippen LogP contribution in [0, 0.1) is 0 Å². The Kier molecular flexibility index (Phi) is 5.22. The molecule has 1 aliphatic heterocycles. The van der Waals surface area contributed by atoms with Crippen LogP contribution in [0.25, 0.3) is 0 Å². The van der Waals surface area contributed by atoms with E-state index in [1.807, 2.05) is 4.90 Å². The molecule has 5 heteroatoms. The lowest BCUT2D eigenvalue weighted by Crippen LogP contribution is -2.34. The van der Waals surface area contributed by atoms with Gasteiger partial charge in [-0.05, 0) is 31.5 Å². The van der Waals surface area contributed by atoms with Crippen molar-refractivity contribution in [3.8, 4) is 11.5 Å². The molecule has 1 heterocycles. The molecule has 5 nitrogen and oxygen atoms in total. The summed E-state index contributed by atoms with van der Waals surface area (Å²) in [5.74, 6) is 1.18. The first kappa shape index (κ1) is 15.4. The minimum Gasteiger partial charge on any atom is -0.493 e. The fourth-order valence-corrected chi connectivity index (χ4v) is 2.23. The Morgan fingerprint density at radius 2 is 2.19 bits per heavy atom. The van der Waals surface area contributed by atoms with Crippen molar-refractivity contribution in [2.45, 2.75) is 13.3 Å². The molecule has 0 fully saturated rings. The first-order valence-corrected chi connectivity index (χ1v) is 7.11. The first-order valence-electron chi connectivity index (χ1n) is 7.11. The predicted molar refractivity (Wildman–Crippen MR) is 81.8 cm³/mol. The number of ether oxygens (including phenoxy) is 2. The zero-order chi connectivity index (χ0) is 15.2. The van der Waals surface area contributed by atoms with E-state index in [4.69, 9.17) is 15.2 Å². The van der Waals surface area contributed by atoms with Crippen LogP contribution >= 0.6 is 0 Å². The van der Waals surface area contributed by atoms with Crippen LogP contribution in [0.1, 0.15) is 23.7 Å². The Morgan fingerprint density at radius 1 is 1.38 bits per heavy atom. The molecule has 0 saturated heterocycles. The van der Waals surface area contributed by atoms with Crippen LogP contribution in [0.3, 0.4) is 0 Å². The highest BCUT2D eigenvalue weighted by Crippen LogP contribution is 2.28. The molecular formula is C16H22N2O3. The molecule has 0 aromatic heterocycles. The van der Waals surface area contributed by atoms with Gasteiger partial charge in [-0.25, -0.2) is 0 Å². The number of methoxy groups -OCH3 is 1. The Labute approximate surface area is 125 Å². The van der Waals surface area contributed by atoms with Gasteiger partial charge in [0.25, 0.3) is 5.91 Å². The summed E-state index contributed by atoms with van der Waals surface area (Å²) in [7, 11) is 1.56. The van der Waals surface area contributed by atoms with E-state index >= 15 is 0 Å². The SMILES string of the molecule is COc1cc(C(=O)N2CC=C(C)CC2)ccc1OCCN. The summed E-state index contributed by atoms with van der Waals surface area (Å²) >= 11 is 0. The molecule has 0 aliphatic carbocycles. The molecule has 0 saturated carbocycles. The molecular weight excluding hydrogens is 268 g/mol. The number of rotatable bonds is 5. The molecule has 0 radical (unpaired) electrons. The molecule has 0 unspecified atom stereocenters. The second kappa shape index (κ2) is 7.13. The van der Waals surface area contributed by atoms with Crippen molar-refractivity contribution in [1.82, 2.24) is 4.90 Å². The van der Waals surface area contributed by atoms with Crippen molar-refractivity contribution in [3.63, 3.8) is 0 Å². The summed E-state index contributed by atoms with van der Waals surface area (Å²) in [4.78, 5) is 14.3. The lowest BCUT2D eigenvalue weighted by molar-refractivity contribution is 0.0768. The molecule has 0 atom stereocenters.